The van der Waals surface area contributed by atoms with E-state index in [2.05, 4.69) is 25.5 Å². The number of carbonyl (C=O) groups excluding carboxylic acids is 1. The first kappa shape index (κ1) is 14.5. The highest BCUT2D eigenvalue weighted by atomic mass is 19.1. The SMILES string of the molecule is O=C(Nc1n[nH]c(-c2ccccn2)n1)[C@H]1C[C@@H]1c1ccc(F)cc1. The lowest BCUT2D eigenvalue weighted by Crippen LogP contribution is -2.15. The summed E-state index contributed by atoms with van der Waals surface area (Å²) in [7, 11) is 0. The lowest BCUT2D eigenvalue weighted by molar-refractivity contribution is -0.117. The molecule has 2 aromatic heterocycles. The van der Waals surface area contributed by atoms with Crippen molar-refractivity contribution in [3.63, 3.8) is 0 Å². The van der Waals surface area contributed by atoms with Gasteiger partial charge in [0.05, 0.1) is 0 Å². The van der Waals surface area contributed by atoms with Crippen LogP contribution in [0.25, 0.3) is 11.5 Å². The number of pyridine rings is 1. The van der Waals surface area contributed by atoms with Crippen LogP contribution in [0.2, 0.25) is 0 Å². The van der Waals surface area contributed by atoms with E-state index in [1.165, 1.54) is 12.1 Å². The Hall–Kier alpha value is -3.09. The van der Waals surface area contributed by atoms with Gasteiger partial charge in [-0.2, -0.15) is 4.98 Å². The van der Waals surface area contributed by atoms with E-state index in [-0.39, 0.29) is 29.5 Å². The van der Waals surface area contributed by atoms with Crippen LogP contribution in [0.5, 0.6) is 0 Å². The molecule has 1 saturated carbocycles. The molecule has 2 atom stereocenters. The summed E-state index contributed by atoms with van der Waals surface area (Å²) in [5.74, 6) is 0.313. The molecule has 0 unspecified atom stereocenters. The van der Waals surface area contributed by atoms with Crippen molar-refractivity contribution < 1.29 is 9.18 Å². The molecule has 4 rings (SSSR count). The van der Waals surface area contributed by atoms with E-state index in [9.17, 15) is 9.18 Å². The highest BCUT2D eigenvalue weighted by molar-refractivity contribution is 5.93. The second-order valence-electron chi connectivity index (χ2n) is 5.71. The van der Waals surface area contributed by atoms with Crippen molar-refractivity contribution in [2.75, 3.05) is 5.32 Å². The molecule has 0 aliphatic heterocycles. The number of rotatable bonds is 4. The van der Waals surface area contributed by atoms with E-state index in [1.807, 2.05) is 12.1 Å². The van der Waals surface area contributed by atoms with Crippen LogP contribution in [0.1, 0.15) is 17.9 Å². The van der Waals surface area contributed by atoms with E-state index in [1.54, 1.807) is 24.4 Å². The number of anilines is 1. The third-order valence-corrected chi connectivity index (χ3v) is 4.05. The fourth-order valence-electron chi connectivity index (χ4n) is 2.70. The van der Waals surface area contributed by atoms with E-state index in [0.29, 0.717) is 11.5 Å². The lowest BCUT2D eigenvalue weighted by Gasteiger charge is -2.01. The summed E-state index contributed by atoms with van der Waals surface area (Å²) in [4.78, 5) is 20.7. The summed E-state index contributed by atoms with van der Waals surface area (Å²) in [6, 6.07) is 11.7. The summed E-state index contributed by atoms with van der Waals surface area (Å²) in [6.45, 7) is 0. The smallest absolute Gasteiger partial charge is 0.249 e. The molecule has 0 spiro atoms. The Kier molecular flexibility index (Phi) is 3.53. The van der Waals surface area contributed by atoms with Crippen molar-refractivity contribution >= 4 is 11.9 Å². The number of amides is 1. The van der Waals surface area contributed by atoms with Crippen LogP contribution >= 0.6 is 0 Å². The van der Waals surface area contributed by atoms with Crippen LogP contribution in [0, 0.1) is 11.7 Å². The lowest BCUT2D eigenvalue weighted by atomic mass is 10.1. The van der Waals surface area contributed by atoms with E-state index >= 15 is 0 Å². The molecular formula is C17H14FN5O. The van der Waals surface area contributed by atoms with Gasteiger partial charge in [-0.3, -0.25) is 20.2 Å². The molecular weight excluding hydrogens is 309 g/mol. The van der Waals surface area contributed by atoms with Crippen LogP contribution in [0.3, 0.4) is 0 Å². The molecule has 2 N–H and O–H groups in total. The second-order valence-corrected chi connectivity index (χ2v) is 5.71. The van der Waals surface area contributed by atoms with Gasteiger partial charge < -0.3 is 0 Å². The molecule has 1 aliphatic rings. The largest absolute Gasteiger partial charge is 0.293 e. The minimum atomic E-state index is -0.275. The highest BCUT2D eigenvalue weighted by Crippen LogP contribution is 2.47. The fourth-order valence-corrected chi connectivity index (χ4v) is 2.70. The number of nitrogens with zero attached hydrogens (tertiary/aromatic N) is 3. The van der Waals surface area contributed by atoms with Crippen LogP contribution in [0.15, 0.2) is 48.7 Å². The zero-order valence-electron chi connectivity index (χ0n) is 12.6. The third kappa shape index (κ3) is 2.88. The van der Waals surface area contributed by atoms with Gasteiger partial charge in [-0.1, -0.05) is 18.2 Å². The Morgan fingerprint density at radius 1 is 1.21 bits per heavy atom. The topological polar surface area (TPSA) is 83.6 Å². The number of hydrogen-bond donors (Lipinski definition) is 2. The molecule has 1 aliphatic carbocycles. The number of H-pyrrole nitrogens is 1. The molecule has 1 aromatic carbocycles. The van der Waals surface area contributed by atoms with Crippen molar-refractivity contribution in [1.29, 1.82) is 0 Å². The van der Waals surface area contributed by atoms with Gasteiger partial charge in [-0.05, 0) is 42.2 Å². The summed E-state index contributed by atoms with van der Waals surface area (Å²) in [5, 5.41) is 9.46. The highest BCUT2D eigenvalue weighted by Gasteiger charge is 2.44. The van der Waals surface area contributed by atoms with Gasteiger partial charge in [0.2, 0.25) is 11.9 Å². The monoisotopic (exact) mass is 323 g/mol. The molecule has 2 heterocycles. The van der Waals surface area contributed by atoms with Crippen molar-refractivity contribution in [1.82, 2.24) is 20.2 Å². The molecule has 1 fully saturated rings. The van der Waals surface area contributed by atoms with Crippen LogP contribution in [0.4, 0.5) is 10.3 Å². The normalized spacial score (nSPS) is 19.0. The second kappa shape index (κ2) is 5.84. The first-order valence-electron chi connectivity index (χ1n) is 7.61. The third-order valence-electron chi connectivity index (χ3n) is 4.05. The van der Waals surface area contributed by atoms with Crippen LogP contribution in [-0.4, -0.2) is 26.1 Å². The quantitative estimate of drug-likeness (QED) is 0.773. The molecule has 7 heteroatoms. The maximum Gasteiger partial charge on any atom is 0.249 e. The Morgan fingerprint density at radius 3 is 2.79 bits per heavy atom. The summed E-state index contributed by atoms with van der Waals surface area (Å²) >= 11 is 0. The predicted octanol–water partition coefficient (Wildman–Crippen LogP) is 2.75. The predicted molar refractivity (Wildman–Crippen MR) is 85.5 cm³/mol. The zero-order chi connectivity index (χ0) is 16.5. The van der Waals surface area contributed by atoms with Crippen molar-refractivity contribution in [3.05, 3.63) is 60.0 Å². The van der Waals surface area contributed by atoms with E-state index in [4.69, 9.17) is 0 Å². The Morgan fingerprint density at radius 2 is 2.04 bits per heavy atom. The first-order chi connectivity index (χ1) is 11.7. The number of aromatic amines is 1. The van der Waals surface area contributed by atoms with Crippen molar-refractivity contribution in [2.45, 2.75) is 12.3 Å². The Bertz CT molecular complexity index is 862. The van der Waals surface area contributed by atoms with Gasteiger partial charge in [0, 0.05) is 12.1 Å². The zero-order valence-corrected chi connectivity index (χ0v) is 12.6. The van der Waals surface area contributed by atoms with Gasteiger partial charge >= 0.3 is 0 Å². The average Bonchev–Trinajstić information content (AvgIpc) is 3.28. The molecule has 3 aromatic rings. The number of carbonyl (C=O) groups is 1. The number of hydrogen-bond acceptors (Lipinski definition) is 4. The Balaban J connectivity index is 1.41. The molecule has 0 saturated heterocycles. The molecule has 24 heavy (non-hydrogen) atoms. The number of nitrogens with one attached hydrogen (secondary N) is 2. The molecule has 120 valence electrons. The minimum Gasteiger partial charge on any atom is -0.293 e. The van der Waals surface area contributed by atoms with Gasteiger partial charge in [0.25, 0.3) is 0 Å². The average molecular weight is 323 g/mol. The summed E-state index contributed by atoms with van der Waals surface area (Å²) < 4.78 is 13.0. The molecule has 0 radical (unpaired) electrons. The first-order valence-corrected chi connectivity index (χ1v) is 7.61. The Labute approximate surface area is 137 Å². The summed E-state index contributed by atoms with van der Waals surface area (Å²) in [6.07, 6.45) is 2.41. The summed E-state index contributed by atoms with van der Waals surface area (Å²) in [5.41, 5.74) is 1.63. The van der Waals surface area contributed by atoms with Crippen LogP contribution < -0.4 is 5.32 Å². The van der Waals surface area contributed by atoms with Gasteiger partial charge in [-0.15, -0.1) is 5.10 Å². The molecule has 6 nitrogen and oxygen atoms in total. The maximum atomic E-state index is 13.0. The van der Waals surface area contributed by atoms with Gasteiger partial charge in [0.1, 0.15) is 11.5 Å². The minimum absolute atomic E-state index is 0.125. The van der Waals surface area contributed by atoms with Crippen LogP contribution in [-0.2, 0) is 4.79 Å². The maximum absolute atomic E-state index is 13.0. The standard InChI is InChI=1S/C17H14FN5O/c18-11-6-4-10(5-7-11)12-9-13(12)16(24)21-17-20-15(22-23-17)14-3-1-2-8-19-14/h1-8,12-13H,9H2,(H2,20,21,22,23,24)/t12-,13+/m1/s1. The van der Waals surface area contributed by atoms with Gasteiger partial charge in [-0.25, -0.2) is 4.39 Å². The van der Waals surface area contributed by atoms with Gasteiger partial charge in [0.15, 0.2) is 5.82 Å². The van der Waals surface area contributed by atoms with Crippen molar-refractivity contribution in [3.8, 4) is 11.5 Å². The number of aromatic nitrogens is 4. The fraction of sp³-hybridized carbons (Fsp3) is 0.176. The van der Waals surface area contributed by atoms with E-state index in [0.717, 1.165) is 12.0 Å². The number of benzene rings is 1. The molecule has 0 bridgehead atoms. The van der Waals surface area contributed by atoms with E-state index < -0.39 is 0 Å². The van der Waals surface area contributed by atoms with Crippen molar-refractivity contribution in [2.24, 2.45) is 5.92 Å². The number of halogens is 1. The molecule has 1 amide bonds.